The number of rotatable bonds is 6. The van der Waals surface area contributed by atoms with Gasteiger partial charge >= 0.3 is 0 Å². The van der Waals surface area contributed by atoms with E-state index in [-0.39, 0.29) is 0 Å². The van der Waals surface area contributed by atoms with E-state index in [9.17, 15) is 0 Å². The zero-order valence-corrected chi connectivity index (χ0v) is 10.6. The Morgan fingerprint density at radius 2 is 1.69 bits per heavy atom. The quantitative estimate of drug-likeness (QED) is 0.722. The number of hydrogen-bond donors (Lipinski definition) is 2. The van der Waals surface area contributed by atoms with E-state index in [1.807, 2.05) is 0 Å². The van der Waals surface area contributed by atoms with Gasteiger partial charge in [-0.05, 0) is 49.5 Å². The van der Waals surface area contributed by atoms with Crippen LogP contribution in [0, 0.1) is 10.8 Å². The molecule has 1 saturated carbocycles. The van der Waals surface area contributed by atoms with Crippen molar-refractivity contribution in [3.63, 3.8) is 0 Å². The molecule has 0 amide bonds. The fourth-order valence-corrected chi connectivity index (χ4v) is 2.68. The third-order valence-corrected chi connectivity index (χ3v) is 4.69. The van der Waals surface area contributed by atoms with Gasteiger partial charge in [0.05, 0.1) is 0 Å². The number of nitrogens with two attached hydrogens (primary N) is 1. The monoisotopic (exact) mass is 226 g/mol. The highest BCUT2D eigenvalue weighted by Gasteiger charge is 2.40. The second kappa shape index (κ2) is 5.03. The van der Waals surface area contributed by atoms with Crippen molar-refractivity contribution in [2.75, 3.05) is 32.8 Å². The lowest BCUT2D eigenvalue weighted by Gasteiger charge is -2.36. The van der Waals surface area contributed by atoms with Crippen LogP contribution < -0.4 is 11.1 Å². The first-order chi connectivity index (χ1) is 7.74. The Hall–Kier alpha value is -0.120. The molecule has 3 heteroatoms. The molecule has 0 aromatic rings. The van der Waals surface area contributed by atoms with Crippen LogP contribution in [0.5, 0.6) is 0 Å². The van der Waals surface area contributed by atoms with Gasteiger partial charge in [-0.2, -0.15) is 0 Å². The fourth-order valence-electron chi connectivity index (χ4n) is 2.68. The van der Waals surface area contributed by atoms with E-state index >= 15 is 0 Å². The largest absolute Gasteiger partial charge is 0.381 e. The molecule has 0 spiro atoms. The first-order valence-corrected chi connectivity index (χ1v) is 6.73. The predicted octanol–water partition coefficient (Wildman–Crippen LogP) is 1.52. The summed E-state index contributed by atoms with van der Waals surface area (Å²) in [5.41, 5.74) is 6.89. The van der Waals surface area contributed by atoms with Crippen molar-refractivity contribution in [3.8, 4) is 0 Å². The van der Waals surface area contributed by atoms with Crippen LogP contribution in [0.1, 0.15) is 39.0 Å². The van der Waals surface area contributed by atoms with Crippen molar-refractivity contribution in [1.82, 2.24) is 5.32 Å². The number of nitrogens with one attached hydrogen (secondary N) is 1. The van der Waals surface area contributed by atoms with Gasteiger partial charge in [-0.25, -0.2) is 0 Å². The van der Waals surface area contributed by atoms with E-state index in [4.69, 9.17) is 10.5 Å². The summed E-state index contributed by atoms with van der Waals surface area (Å²) in [7, 11) is 0. The van der Waals surface area contributed by atoms with Crippen LogP contribution in [-0.4, -0.2) is 32.8 Å². The highest BCUT2D eigenvalue weighted by molar-refractivity contribution is 4.94. The van der Waals surface area contributed by atoms with E-state index in [1.165, 1.54) is 25.8 Å². The molecule has 16 heavy (non-hydrogen) atoms. The Kier molecular flexibility index (Phi) is 3.88. The van der Waals surface area contributed by atoms with Crippen LogP contribution >= 0.6 is 0 Å². The van der Waals surface area contributed by atoms with Gasteiger partial charge in [0.2, 0.25) is 0 Å². The Bertz CT molecular complexity index is 220. The molecule has 0 unspecified atom stereocenters. The van der Waals surface area contributed by atoms with E-state index in [1.54, 1.807) is 0 Å². The Morgan fingerprint density at radius 3 is 2.19 bits per heavy atom. The molecule has 1 aliphatic heterocycles. The lowest BCUT2D eigenvalue weighted by molar-refractivity contribution is 0.0187. The maximum absolute atomic E-state index is 5.94. The van der Waals surface area contributed by atoms with E-state index in [0.717, 1.165) is 39.1 Å². The van der Waals surface area contributed by atoms with Gasteiger partial charge in [0, 0.05) is 26.3 Å². The summed E-state index contributed by atoms with van der Waals surface area (Å²) in [4.78, 5) is 0. The summed E-state index contributed by atoms with van der Waals surface area (Å²) in [6.07, 6.45) is 6.38. The molecule has 0 atom stereocenters. The smallest absolute Gasteiger partial charge is 0.0472 e. The molecule has 3 nitrogen and oxygen atoms in total. The van der Waals surface area contributed by atoms with Gasteiger partial charge in [-0.3, -0.25) is 0 Å². The average molecular weight is 226 g/mol. The minimum Gasteiger partial charge on any atom is -0.381 e. The summed E-state index contributed by atoms with van der Waals surface area (Å²) < 4.78 is 5.42. The minimum absolute atomic E-state index is 0.308. The highest BCUT2D eigenvalue weighted by atomic mass is 16.5. The molecule has 2 rings (SSSR count). The van der Waals surface area contributed by atoms with E-state index < -0.39 is 0 Å². The number of hydrogen-bond acceptors (Lipinski definition) is 3. The van der Waals surface area contributed by atoms with Gasteiger partial charge in [-0.15, -0.1) is 0 Å². The topological polar surface area (TPSA) is 47.3 Å². The normalized spacial score (nSPS) is 26.6. The molecule has 1 heterocycles. The highest BCUT2D eigenvalue weighted by Crippen LogP contribution is 2.48. The lowest BCUT2D eigenvalue weighted by atomic mass is 9.80. The Labute approximate surface area is 99.1 Å². The molecule has 0 bridgehead atoms. The molecule has 2 fully saturated rings. The SMILES string of the molecule is CCC1(CNCC2(CN)CCOCC2)CC1. The van der Waals surface area contributed by atoms with Crippen molar-refractivity contribution in [3.05, 3.63) is 0 Å². The van der Waals surface area contributed by atoms with Crippen molar-refractivity contribution in [1.29, 1.82) is 0 Å². The van der Waals surface area contributed by atoms with Crippen LogP contribution in [-0.2, 0) is 4.74 Å². The van der Waals surface area contributed by atoms with Gasteiger partial charge in [0.1, 0.15) is 0 Å². The average Bonchev–Trinajstić information content (AvgIpc) is 3.11. The molecule has 1 aliphatic carbocycles. The zero-order chi connectivity index (χ0) is 11.5. The molecule has 2 aliphatic rings. The molecular weight excluding hydrogens is 200 g/mol. The predicted molar refractivity (Wildman–Crippen MR) is 66.4 cm³/mol. The van der Waals surface area contributed by atoms with E-state index in [0.29, 0.717) is 10.8 Å². The molecular formula is C13H26N2O. The van der Waals surface area contributed by atoms with Crippen LogP contribution in [0.2, 0.25) is 0 Å². The van der Waals surface area contributed by atoms with Gasteiger partial charge in [0.25, 0.3) is 0 Å². The molecule has 3 N–H and O–H groups in total. The van der Waals surface area contributed by atoms with Gasteiger partial charge < -0.3 is 15.8 Å². The summed E-state index contributed by atoms with van der Waals surface area (Å²) >= 11 is 0. The van der Waals surface area contributed by atoms with Crippen molar-refractivity contribution in [2.45, 2.75) is 39.0 Å². The van der Waals surface area contributed by atoms with Gasteiger partial charge in [-0.1, -0.05) is 6.92 Å². The maximum atomic E-state index is 5.94. The molecule has 94 valence electrons. The summed E-state index contributed by atoms with van der Waals surface area (Å²) in [5.74, 6) is 0. The summed E-state index contributed by atoms with van der Waals surface area (Å²) in [6.45, 7) is 7.14. The molecule has 0 aromatic carbocycles. The van der Waals surface area contributed by atoms with Crippen molar-refractivity contribution in [2.24, 2.45) is 16.6 Å². The third kappa shape index (κ3) is 2.76. The summed E-state index contributed by atoms with van der Waals surface area (Å²) in [6, 6.07) is 0. The van der Waals surface area contributed by atoms with Crippen LogP contribution in [0.25, 0.3) is 0 Å². The minimum atomic E-state index is 0.308. The van der Waals surface area contributed by atoms with Gasteiger partial charge in [0.15, 0.2) is 0 Å². The Morgan fingerprint density at radius 1 is 1.06 bits per heavy atom. The van der Waals surface area contributed by atoms with E-state index in [2.05, 4.69) is 12.2 Å². The molecule has 1 saturated heterocycles. The van der Waals surface area contributed by atoms with Crippen LogP contribution in [0.15, 0.2) is 0 Å². The third-order valence-electron chi connectivity index (χ3n) is 4.69. The first kappa shape index (κ1) is 12.3. The first-order valence-electron chi connectivity index (χ1n) is 6.73. The maximum Gasteiger partial charge on any atom is 0.0472 e. The Balaban J connectivity index is 1.74. The standard InChI is InChI=1S/C13H26N2O/c1-2-12(3-4-12)10-15-11-13(9-14)5-7-16-8-6-13/h15H,2-11,14H2,1H3. The zero-order valence-electron chi connectivity index (χ0n) is 10.6. The molecule has 0 aromatic heterocycles. The number of ether oxygens (including phenoxy) is 1. The van der Waals surface area contributed by atoms with Crippen LogP contribution in [0.3, 0.4) is 0 Å². The van der Waals surface area contributed by atoms with Crippen molar-refractivity contribution >= 4 is 0 Å². The fraction of sp³-hybridized carbons (Fsp3) is 1.00. The second-order valence-corrected chi connectivity index (χ2v) is 5.77. The summed E-state index contributed by atoms with van der Waals surface area (Å²) in [5, 5.41) is 3.66. The lowest BCUT2D eigenvalue weighted by Crippen LogP contribution is -2.45. The van der Waals surface area contributed by atoms with Crippen molar-refractivity contribution < 1.29 is 4.74 Å². The second-order valence-electron chi connectivity index (χ2n) is 5.77. The van der Waals surface area contributed by atoms with Crippen LogP contribution in [0.4, 0.5) is 0 Å². The molecule has 0 radical (unpaired) electrons.